The summed E-state index contributed by atoms with van der Waals surface area (Å²) in [5, 5.41) is 7.11. The van der Waals surface area contributed by atoms with Crippen LogP contribution in [0, 0.1) is 6.92 Å². The maximum absolute atomic E-state index is 5.40. The van der Waals surface area contributed by atoms with Crippen molar-refractivity contribution in [1.82, 2.24) is 10.2 Å². The number of nitrogens with one attached hydrogen (secondary N) is 1. The Balaban J connectivity index is 2.94. The summed E-state index contributed by atoms with van der Waals surface area (Å²) in [7, 11) is 0. The standard InChI is InChI=1S/C11H19N3O/c1-5-9-8(4)13-14-11(9)12-10(6-2)15-7-3/h5-7H2,1-4H3,(H,13,14). The van der Waals surface area contributed by atoms with E-state index in [1.807, 2.05) is 20.8 Å². The van der Waals surface area contributed by atoms with E-state index >= 15 is 0 Å². The van der Waals surface area contributed by atoms with Crippen molar-refractivity contribution in [3.8, 4) is 0 Å². The topological polar surface area (TPSA) is 50.3 Å². The quantitative estimate of drug-likeness (QED) is 0.612. The molecule has 0 fully saturated rings. The third-order valence-electron chi connectivity index (χ3n) is 2.25. The van der Waals surface area contributed by atoms with Gasteiger partial charge in [0, 0.05) is 17.7 Å². The lowest BCUT2D eigenvalue weighted by molar-refractivity contribution is 0.319. The van der Waals surface area contributed by atoms with Gasteiger partial charge in [0.2, 0.25) is 0 Å². The molecule has 0 amide bonds. The van der Waals surface area contributed by atoms with Gasteiger partial charge in [0.1, 0.15) is 0 Å². The molecule has 0 bridgehead atoms. The maximum atomic E-state index is 5.40. The fourth-order valence-electron chi connectivity index (χ4n) is 1.45. The van der Waals surface area contributed by atoms with Crippen LogP contribution in [-0.4, -0.2) is 22.7 Å². The van der Waals surface area contributed by atoms with E-state index < -0.39 is 0 Å². The highest BCUT2D eigenvalue weighted by molar-refractivity contribution is 5.78. The minimum Gasteiger partial charge on any atom is -0.481 e. The molecule has 1 rings (SSSR count). The Labute approximate surface area is 90.8 Å². The van der Waals surface area contributed by atoms with Crippen LogP contribution in [-0.2, 0) is 11.2 Å². The van der Waals surface area contributed by atoms with Gasteiger partial charge >= 0.3 is 0 Å². The SMILES string of the molecule is CCOC(CC)=Nc1n[nH]c(C)c1CC. The number of aromatic nitrogens is 2. The summed E-state index contributed by atoms with van der Waals surface area (Å²) in [6.45, 7) is 8.75. The van der Waals surface area contributed by atoms with Crippen LogP contribution in [0.1, 0.15) is 38.4 Å². The molecular weight excluding hydrogens is 190 g/mol. The summed E-state index contributed by atoms with van der Waals surface area (Å²) < 4.78 is 5.40. The highest BCUT2D eigenvalue weighted by atomic mass is 16.5. The molecule has 1 heterocycles. The average Bonchev–Trinajstić information content (AvgIpc) is 2.58. The van der Waals surface area contributed by atoms with Crippen molar-refractivity contribution in [2.75, 3.05) is 6.61 Å². The zero-order chi connectivity index (χ0) is 11.3. The second-order valence-corrected chi connectivity index (χ2v) is 3.30. The van der Waals surface area contributed by atoms with Gasteiger partial charge in [0.15, 0.2) is 11.7 Å². The van der Waals surface area contributed by atoms with Crippen LogP contribution in [0.5, 0.6) is 0 Å². The molecule has 84 valence electrons. The molecule has 4 heteroatoms. The number of aliphatic imine (C=N–C) groups is 1. The third-order valence-corrected chi connectivity index (χ3v) is 2.25. The van der Waals surface area contributed by atoms with Gasteiger partial charge in [0.25, 0.3) is 0 Å². The smallest absolute Gasteiger partial charge is 0.189 e. The number of H-pyrrole nitrogens is 1. The molecule has 1 aromatic rings. The molecule has 0 aliphatic carbocycles. The molecule has 0 saturated heterocycles. The molecule has 4 nitrogen and oxygen atoms in total. The van der Waals surface area contributed by atoms with Crippen molar-refractivity contribution >= 4 is 11.7 Å². The molecule has 1 aromatic heterocycles. The molecular formula is C11H19N3O. The Bertz CT molecular complexity index is 342. The maximum Gasteiger partial charge on any atom is 0.189 e. The largest absolute Gasteiger partial charge is 0.481 e. The monoisotopic (exact) mass is 209 g/mol. The molecule has 0 aliphatic heterocycles. The Morgan fingerprint density at radius 1 is 1.40 bits per heavy atom. The summed E-state index contributed by atoms with van der Waals surface area (Å²) in [5.74, 6) is 1.51. The second kappa shape index (κ2) is 5.53. The molecule has 0 aromatic carbocycles. The number of nitrogens with zero attached hydrogens (tertiary/aromatic N) is 2. The van der Waals surface area contributed by atoms with E-state index in [-0.39, 0.29) is 0 Å². The van der Waals surface area contributed by atoms with Gasteiger partial charge in [-0.25, -0.2) is 0 Å². The van der Waals surface area contributed by atoms with Gasteiger partial charge in [-0.3, -0.25) is 5.10 Å². The average molecular weight is 209 g/mol. The van der Waals surface area contributed by atoms with Crippen LogP contribution in [0.2, 0.25) is 0 Å². The van der Waals surface area contributed by atoms with Crippen LogP contribution in [0.4, 0.5) is 5.82 Å². The van der Waals surface area contributed by atoms with Crippen molar-refractivity contribution in [2.45, 2.75) is 40.5 Å². The normalized spacial score (nSPS) is 11.9. The Morgan fingerprint density at radius 2 is 2.13 bits per heavy atom. The summed E-state index contributed by atoms with van der Waals surface area (Å²) in [6, 6.07) is 0. The van der Waals surface area contributed by atoms with Gasteiger partial charge in [-0.2, -0.15) is 10.1 Å². The Hall–Kier alpha value is -1.32. The number of hydrogen-bond acceptors (Lipinski definition) is 3. The summed E-state index contributed by atoms with van der Waals surface area (Å²) in [4.78, 5) is 4.41. The first-order chi connectivity index (χ1) is 7.22. The summed E-state index contributed by atoms with van der Waals surface area (Å²) >= 11 is 0. The fourth-order valence-corrected chi connectivity index (χ4v) is 1.45. The summed E-state index contributed by atoms with van der Waals surface area (Å²) in [6.07, 6.45) is 1.73. The number of ether oxygens (including phenoxy) is 1. The molecule has 15 heavy (non-hydrogen) atoms. The van der Waals surface area contributed by atoms with Crippen LogP contribution < -0.4 is 0 Å². The Morgan fingerprint density at radius 3 is 2.67 bits per heavy atom. The first-order valence-electron chi connectivity index (χ1n) is 5.47. The lowest BCUT2D eigenvalue weighted by atomic mass is 10.2. The van der Waals surface area contributed by atoms with Crippen LogP contribution >= 0.6 is 0 Å². The van der Waals surface area contributed by atoms with Gasteiger partial charge in [-0.15, -0.1) is 0 Å². The minimum atomic E-state index is 0.650. The van der Waals surface area contributed by atoms with E-state index in [1.54, 1.807) is 0 Å². The first kappa shape index (κ1) is 11.8. The van der Waals surface area contributed by atoms with Gasteiger partial charge in [-0.1, -0.05) is 13.8 Å². The highest BCUT2D eigenvalue weighted by Gasteiger charge is 2.08. The van der Waals surface area contributed by atoms with Crippen molar-refractivity contribution in [3.05, 3.63) is 11.3 Å². The van der Waals surface area contributed by atoms with E-state index in [2.05, 4.69) is 22.1 Å². The van der Waals surface area contributed by atoms with E-state index in [9.17, 15) is 0 Å². The zero-order valence-corrected chi connectivity index (χ0v) is 9.92. The third kappa shape index (κ3) is 2.81. The van der Waals surface area contributed by atoms with Gasteiger partial charge in [0.05, 0.1) is 6.61 Å². The lowest BCUT2D eigenvalue weighted by Gasteiger charge is -2.03. The molecule has 0 unspecified atom stereocenters. The van der Waals surface area contributed by atoms with E-state index in [4.69, 9.17) is 4.74 Å². The number of aromatic amines is 1. The lowest BCUT2D eigenvalue weighted by Crippen LogP contribution is -2.02. The Kier molecular flexibility index (Phi) is 4.34. The van der Waals surface area contributed by atoms with Crippen molar-refractivity contribution in [2.24, 2.45) is 4.99 Å². The first-order valence-corrected chi connectivity index (χ1v) is 5.47. The minimum absolute atomic E-state index is 0.650. The second-order valence-electron chi connectivity index (χ2n) is 3.30. The number of rotatable bonds is 4. The van der Waals surface area contributed by atoms with Crippen molar-refractivity contribution in [3.63, 3.8) is 0 Å². The fraction of sp³-hybridized carbons (Fsp3) is 0.636. The number of hydrogen-bond donors (Lipinski definition) is 1. The predicted molar refractivity (Wildman–Crippen MR) is 61.7 cm³/mol. The predicted octanol–water partition coefficient (Wildman–Crippen LogP) is 2.76. The van der Waals surface area contributed by atoms with Crippen LogP contribution in [0.15, 0.2) is 4.99 Å². The van der Waals surface area contributed by atoms with Gasteiger partial charge in [-0.05, 0) is 20.3 Å². The molecule has 1 N–H and O–H groups in total. The van der Waals surface area contributed by atoms with Crippen molar-refractivity contribution < 1.29 is 4.74 Å². The highest BCUT2D eigenvalue weighted by Crippen LogP contribution is 2.20. The van der Waals surface area contributed by atoms with Crippen molar-refractivity contribution in [1.29, 1.82) is 0 Å². The molecule has 0 aliphatic rings. The molecule has 0 saturated carbocycles. The molecule has 0 spiro atoms. The van der Waals surface area contributed by atoms with Gasteiger partial charge < -0.3 is 4.74 Å². The van der Waals surface area contributed by atoms with Crippen LogP contribution in [0.3, 0.4) is 0 Å². The molecule has 0 radical (unpaired) electrons. The van der Waals surface area contributed by atoms with E-state index in [1.165, 1.54) is 5.56 Å². The van der Waals surface area contributed by atoms with E-state index in [0.29, 0.717) is 6.61 Å². The van der Waals surface area contributed by atoms with Crippen LogP contribution in [0.25, 0.3) is 0 Å². The zero-order valence-electron chi connectivity index (χ0n) is 9.92. The number of aryl methyl sites for hydroxylation is 1. The van der Waals surface area contributed by atoms with E-state index in [0.717, 1.165) is 30.3 Å². The molecule has 0 atom stereocenters. The summed E-state index contributed by atoms with van der Waals surface area (Å²) in [5.41, 5.74) is 2.25.